The number of morpholine rings is 1. The third-order valence-corrected chi connectivity index (χ3v) is 5.76. The van der Waals surface area contributed by atoms with E-state index in [0.29, 0.717) is 11.4 Å². The van der Waals surface area contributed by atoms with Crippen molar-refractivity contribution in [3.05, 3.63) is 64.5 Å². The second-order valence-corrected chi connectivity index (χ2v) is 8.27. The first kappa shape index (κ1) is 21.3. The molecule has 0 aliphatic carbocycles. The van der Waals surface area contributed by atoms with E-state index in [-0.39, 0.29) is 0 Å². The van der Waals surface area contributed by atoms with Gasteiger partial charge in [-0.3, -0.25) is 14.3 Å². The molecule has 5 heterocycles. The van der Waals surface area contributed by atoms with Crippen molar-refractivity contribution in [2.24, 2.45) is 0 Å². The second kappa shape index (κ2) is 9.13. The Morgan fingerprint density at radius 2 is 2.00 bits per heavy atom. The zero-order valence-electron chi connectivity index (χ0n) is 18.8. The molecule has 0 atom stereocenters. The van der Waals surface area contributed by atoms with Gasteiger partial charge in [0.05, 0.1) is 36.0 Å². The second-order valence-electron chi connectivity index (χ2n) is 8.27. The minimum Gasteiger partial charge on any atom is -0.381 e. The molecular weight excluding hydrogens is 418 g/mol. The number of hydrogen-bond donors (Lipinski definition) is 2. The van der Waals surface area contributed by atoms with Gasteiger partial charge in [-0.05, 0) is 43.7 Å². The van der Waals surface area contributed by atoms with Gasteiger partial charge in [0, 0.05) is 44.3 Å². The number of pyridine rings is 2. The maximum atomic E-state index is 12.0. The zero-order chi connectivity index (χ0) is 22.8. The molecule has 9 heteroatoms. The third kappa shape index (κ3) is 4.50. The Labute approximate surface area is 191 Å². The molecule has 170 valence electrons. The van der Waals surface area contributed by atoms with Crippen LogP contribution in [0.3, 0.4) is 0 Å². The van der Waals surface area contributed by atoms with Crippen LogP contribution in [-0.4, -0.2) is 68.6 Å². The number of hydrogen-bond acceptors (Lipinski definition) is 7. The van der Waals surface area contributed by atoms with Gasteiger partial charge in [0.1, 0.15) is 5.69 Å². The number of aromatic amines is 1. The van der Waals surface area contributed by atoms with E-state index in [1.165, 1.54) is 6.20 Å². The van der Waals surface area contributed by atoms with E-state index >= 15 is 0 Å². The van der Waals surface area contributed by atoms with Crippen LogP contribution in [0, 0.1) is 13.8 Å². The molecule has 5 rings (SSSR count). The van der Waals surface area contributed by atoms with E-state index in [1.807, 2.05) is 35.7 Å². The van der Waals surface area contributed by atoms with Crippen LogP contribution < -0.4 is 11.0 Å². The summed E-state index contributed by atoms with van der Waals surface area (Å²) in [6, 6.07) is 9.76. The summed E-state index contributed by atoms with van der Waals surface area (Å²) in [5.41, 5.74) is 6.20. The highest BCUT2D eigenvalue weighted by atomic mass is 16.5. The Bertz CT molecular complexity index is 1340. The molecule has 0 aromatic carbocycles. The Morgan fingerprint density at radius 3 is 2.79 bits per heavy atom. The van der Waals surface area contributed by atoms with Crippen LogP contribution >= 0.6 is 0 Å². The highest BCUT2D eigenvalue weighted by Gasteiger charge is 2.20. The van der Waals surface area contributed by atoms with E-state index in [0.717, 1.165) is 73.4 Å². The standard InChI is InChI=1S/C24H27N7O2/c1-16-14-20(25-8-9-30-10-12-33-13-11-30)23-29-21(18-5-3-4-17(2)27-18)22(31(23)15-16)19-6-7-26-24(32)28-19/h3-7,14-15,25H,8-13H2,1-2H3,(H,26,28,32). The SMILES string of the molecule is Cc1cc(NCCN2CCOCC2)c2nc(-c3cccc(C)n3)c(-c3ccnc(=O)[nH]3)n2c1. The molecule has 33 heavy (non-hydrogen) atoms. The Kier molecular flexibility index (Phi) is 5.89. The number of nitrogens with one attached hydrogen (secondary N) is 2. The summed E-state index contributed by atoms with van der Waals surface area (Å²) in [5, 5.41) is 3.57. The first-order valence-electron chi connectivity index (χ1n) is 11.1. The van der Waals surface area contributed by atoms with Crippen molar-refractivity contribution in [3.8, 4) is 22.8 Å². The largest absolute Gasteiger partial charge is 0.381 e. The number of rotatable bonds is 6. The molecule has 4 aromatic heterocycles. The van der Waals surface area contributed by atoms with Crippen molar-refractivity contribution in [2.45, 2.75) is 13.8 Å². The summed E-state index contributed by atoms with van der Waals surface area (Å²) in [4.78, 5) is 30.7. The lowest BCUT2D eigenvalue weighted by atomic mass is 10.1. The average molecular weight is 446 g/mol. The minimum absolute atomic E-state index is 0.401. The first-order valence-corrected chi connectivity index (χ1v) is 11.1. The minimum atomic E-state index is -0.401. The Hall–Kier alpha value is -3.56. The summed E-state index contributed by atoms with van der Waals surface area (Å²) >= 11 is 0. The number of anilines is 1. The van der Waals surface area contributed by atoms with Gasteiger partial charge < -0.3 is 15.0 Å². The molecular formula is C24H27N7O2. The molecule has 1 aliphatic rings. The smallest absolute Gasteiger partial charge is 0.345 e. The molecule has 4 aromatic rings. The van der Waals surface area contributed by atoms with Crippen LogP contribution in [0.15, 0.2) is 47.5 Å². The highest BCUT2D eigenvalue weighted by molar-refractivity contribution is 5.83. The fraction of sp³-hybridized carbons (Fsp3) is 0.333. The zero-order valence-corrected chi connectivity index (χ0v) is 18.8. The van der Waals surface area contributed by atoms with Crippen molar-refractivity contribution in [1.29, 1.82) is 0 Å². The van der Waals surface area contributed by atoms with Crippen molar-refractivity contribution < 1.29 is 4.74 Å². The Balaban J connectivity index is 1.60. The van der Waals surface area contributed by atoms with Crippen molar-refractivity contribution in [3.63, 3.8) is 0 Å². The van der Waals surface area contributed by atoms with Gasteiger partial charge in [-0.25, -0.2) is 14.8 Å². The lowest BCUT2D eigenvalue weighted by Gasteiger charge is -2.26. The van der Waals surface area contributed by atoms with Gasteiger partial charge in [-0.2, -0.15) is 0 Å². The molecule has 1 fully saturated rings. The van der Waals surface area contributed by atoms with E-state index in [1.54, 1.807) is 6.07 Å². The molecule has 9 nitrogen and oxygen atoms in total. The summed E-state index contributed by atoms with van der Waals surface area (Å²) in [6.07, 6.45) is 3.54. The normalized spacial score (nSPS) is 14.6. The topological polar surface area (TPSA) is 100 Å². The number of aryl methyl sites for hydroxylation is 2. The van der Waals surface area contributed by atoms with Crippen LogP contribution in [0.2, 0.25) is 0 Å². The number of H-pyrrole nitrogens is 1. The van der Waals surface area contributed by atoms with Gasteiger partial charge in [-0.1, -0.05) is 6.07 Å². The molecule has 1 saturated heterocycles. The van der Waals surface area contributed by atoms with Crippen LogP contribution in [0.5, 0.6) is 0 Å². The van der Waals surface area contributed by atoms with E-state index in [2.05, 4.69) is 33.2 Å². The quantitative estimate of drug-likeness (QED) is 0.470. The molecule has 2 N–H and O–H groups in total. The van der Waals surface area contributed by atoms with Gasteiger partial charge in [0.2, 0.25) is 0 Å². The van der Waals surface area contributed by atoms with Crippen molar-refractivity contribution in [2.75, 3.05) is 44.7 Å². The lowest BCUT2D eigenvalue weighted by Crippen LogP contribution is -2.39. The molecule has 0 unspecified atom stereocenters. The van der Waals surface area contributed by atoms with Crippen LogP contribution in [-0.2, 0) is 4.74 Å². The van der Waals surface area contributed by atoms with E-state index < -0.39 is 5.69 Å². The molecule has 0 bridgehead atoms. The van der Waals surface area contributed by atoms with Gasteiger partial charge >= 0.3 is 5.69 Å². The number of imidazole rings is 1. The van der Waals surface area contributed by atoms with Gasteiger partial charge in [-0.15, -0.1) is 0 Å². The van der Waals surface area contributed by atoms with Gasteiger partial charge in [0.25, 0.3) is 0 Å². The summed E-state index contributed by atoms with van der Waals surface area (Å²) in [7, 11) is 0. The van der Waals surface area contributed by atoms with Gasteiger partial charge in [0.15, 0.2) is 5.65 Å². The van der Waals surface area contributed by atoms with E-state index in [4.69, 9.17) is 14.7 Å². The molecule has 0 spiro atoms. The lowest BCUT2D eigenvalue weighted by molar-refractivity contribution is 0.0398. The maximum Gasteiger partial charge on any atom is 0.345 e. The van der Waals surface area contributed by atoms with E-state index in [9.17, 15) is 4.79 Å². The highest BCUT2D eigenvalue weighted by Crippen LogP contribution is 2.33. The maximum absolute atomic E-state index is 12.0. The fourth-order valence-corrected chi connectivity index (χ4v) is 4.20. The van der Waals surface area contributed by atoms with Crippen LogP contribution in [0.4, 0.5) is 5.69 Å². The summed E-state index contributed by atoms with van der Waals surface area (Å²) in [6.45, 7) is 9.22. The first-order chi connectivity index (χ1) is 16.1. The summed E-state index contributed by atoms with van der Waals surface area (Å²) in [5.74, 6) is 0. The number of nitrogens with zero attached hydrogens (tertiary/aromatic N) is 5. The predicted octanol–water partition coefficient (Wildman–Crippen LogP) is 2.51. The number of fused-ring (bicyclic) bond motifs is 1. The monoisotopic (exact) mass is 445 g/mol. The summed E-state index contributed by atoms with van der Waals surface area (Å²) < 4.78 is 7.47. The van der Waals surface area contributed by atoms with Crippen LogP contribution in [0.1, 0.15) is 11.3 Å². The molecule has 1 aliphatic heterocycles. The number of aromatic nitrogens is 5. The van der Waals surface area contributed by atoms with Crippen molar-refractivity contribution >= 4 is 11.3 Å². The molecule has 0 saturated carbocycles. The predicted molar refractivity (Wildman–Crippen MR) is 127 cm³/mol. The molecule has 0 amide bonds. The Morgan fingerprint density at radius 1 is 1.15 bits per heavy atom. The third-order valence-electron chi connectivity index (χ3n) is 5.76. The molecule has 0 radical (unpaired) electrons. The number of ether oxygens (including phenoxy) is 1. The van der Waals surface area contributed by atoms with Crippen molar-refractivity contribution in [1.82, 2.24) is 29.2 Å². The fourth-order valence-electron chi connectivity index (χ4n) is 4.20. The van der Waals surface area contributed by atoms with Crippen LogP contribution in [0.25, 0.3) is 28.4 Å². The average Bonchev–Trinajstić information content (AvgIpc) is 3.19.